The molecule has 1 rings (SSSR count). The number of carbonyl (C=O) groups is 1. The summed E-state index contributed by atoms with van der Waals surface area (Å²) in [5.41, 5.74) is 0.339. The minimum atomic E-state index is -0.861. The number of aliphatic hydroxyl groups is 1. The van der Waals surface area contributed by atoms with E-state index in [2.05, 4.69) is 24.2 Å². The van der Waals surface area contributed by atoms with Crippen LogP contribution in [0.15, 0.2) is 0 Å². The van der Waals surface area contributed by atoms with E-state index in [1.165, 1.54) is 0 Å². The van der Waals surface area contributed by atoms with E-state index >= 15 is 0 Å². The molecular weight excluding hydrogens is 218 g/mol. The fourth-order valence-corrected chi connectivity index (χ4v) is 1.61. The Kier molecular flexibility index (Phi) is 4.40. The van der Waals surface area contributed by atoms with Crippen molar-refractivity contribution in [1.82, 2.24) is 15.0 Å². The van der Waals surface area contributed by atoms with Crippen LogP contribution in [0.25, 0.3) is 0 Å². The fraction of sp³-hybridized carbons (Fsp3) is 0.750. The molecule has 0 unspecified atom stereocenters. The molecule has 17 heavy (non-hydrogen) atoms. The smallest absolute Gasteiger partial charge is 0.172 e. The molecule has 0 aliphatic heterocycles. The molecule has 96 valence electrons. The molecule has 5 nitrogen and oxygen atoms in total. The van der Waals surface area contributed by atoms with Gasteiger partial charge in [0.25, 0.3) is 0 Å². The molecule has 0 bridgehead atoms. The van der Waals surface area contributed by atoms with Gasteiger partial charge in [-0.1, -0.05) is 19.1 Å². The maximum atomic E-state index is 10.9. The zero-order chi connectivity index (χ0) is 13.1. The van der Waals surface area contributed by atoms with Crippen molar-refractivity contribution in [3.05, 3.63) is 11.4 Å². The normalized spacial score (nSPS) is 12.1. The van der Waals surface area contributed by atoms with Crippen LogP contribution < -0.4 is 0 Å². The summed E-state index contributed by atoms with van der Waals surface area (Å²) in [6.07, 6.45) is 2.46. The van der Waals surface area contributed by atoms with Crippen molar-refractivity contribution in [2.45, 2.75) is 52.7 Å². The molecule has 1 aromatic heterocycles. The highest BCUT2D eigenvalue weighted by Crippen LogP contribution is 2.14. The number of carbonyl (C=O) groups excluding carboxylic acids is 1. The van der Waals surface area contributed by atoms with Gasteiger partial charge in [-0.15, -0.1) is 5.10 Å². The van der Waals surface area contributed by atoms with Crippen molar-refractivity contribution >= 4 is 6.29 Å². The van der Waals surface area contributed by atoms with Crippen molar-refractivity contribution in [3.8, 4) is 0 Å². The van der Waals surface area contributed by atoms with E-state index in [9.17, 15) is 9.90 Å². The monoisotopic (exact) mass is 239 g/mol. The van der Waals surface area contributed by atoms with Crippen LogP contribution in [0, 0.1) is 5.92 Å². The average Bonchev–Trinajstić information content (AvgIpc) is 2.54. The Balaban J connectivity index is 2.89. The van der Waals surface area contributed by atoms with Crippen LogP contribution in [0.2, 0.25) is 0 Å². The number of aldehydes is 1. The van der Waals surface area contributed by atoms with Crippen molar-refractivity contribution in [2.24, 2.45) is 5.92 Å². The highest BCUT2D eigenvalue weighted by molar-refractivity contribution is 5.73. The molecule has 0 aliphatic carbocycles. The topological polar surface area (TPSA) is 68.0 Å². The Labute approximate surface area is 102 Å². The standard InChI is InChI=1S/C12H21N3O2/c1-9(2)5-6-11-10(7-16)13-14-15(11)8-12(3,4)17/h7,9,17H,5-6,8H2,1-4H3. The van der Waals surface area contributed by atoms with Crippen LogP contribution in [0.5, 0.6) is 0 Å². The predicted molar refractivity (Wildman–Crippen MR) is 64.9 cm³/mol. The number of aromatic nitrogens is 3. The summed E-state index contributed by atoms with van der Waals surface area (Å²) in [6, 6.07) is 0. The van der Waals surface area contributed by atoms with Crippen LogP contribution >= 0.6 is 0 Å². The molecule has 1 N–H and O–H groups in total. The second kappa shape index (κ2) is 5.40. The van der Waals surface area contributed by atoms with Gasteiger partial charge in [0, 0.05) is 0 Å². The van der Waals surface area contributed by atoms with Gasteiger partial charge in [0.2, 0.25) is 0 Å². The lowest BCUT2D eigenvalue weighted by Gasteiger charge is -2.18. The summed E-state index contributed by atoms with van der Waals surface area (Å²) in [5.74, 6) is 0.556. The highest BCUT2D eigenvalue weighted by atomic mass is 16.3. The molecule has 0 fully saturated rings. The molecule has 0 aromatic carbocycles. The van der Waals surface area contributed by atoms with E-state index in [0.29, 0.717) is 18.2 Å². The minimum Gasteiger partial charge on any atom is -0.389 e. The first-order valence-corrected chi connectivity index (χ1v) is 5.93. The van der Waals surface area contributed by atoms with E-state index in [0.717, 1.165) is 24.8 Å². The van der Waals surface area contributed by atoms with Gasteiger partial charge >= 0.3 is 0 Å². The molecule has 0 radical (unpaired) electrons. The molecule has 0 saturated heterocycles. The lowest BCUT2D eigenvalue weighted by molar-refractivity contribution is 0.0561. The van der Waals surface area contributed by atoms with E-state index in [-0.39, 0.29) is 0 Å². The van der Waals surface area contributed by atoms with Crippen LogP contribution in [0.3, 0.4) is 0 Å². The highest BCUT2D eigenvalue weighted by Gasteiger charge is 2.19. The van der Waals surface area contributed by atoms with Gasteiger partial charge in [-0.3, -0.25) is 4.79 Å². The summed E-state index contributed by atoms with van der Waals surface area (Å²) in [7, 11) is 0. The summed E-state index contributed by atoms with van der Waals surface area (Å²) < 4.78 is 1.63. The van der Waals surface area contributed by atoms with Gasteiger partial charge < -0.3 is 5.11 Å². The molecule has 0 spiro atoms. The molecule has 1 aromatic rings. The molecule has 0 aliphatic rings. The fourth-order valence-electron chi connectivity index (χ4n) is 1.61. The molecule has 5 heteroatoms. The van der Waals surface area contributed by atoms with Crippen molar-refractivity contribution in [2.75, 3.05) is 0 Å². The number of nitrogens with zero attached hydrogens (tertiary/aromatic N) is 3. The Hall–Kier alpha value is -1.23. The maximum Gasteiger partial charge on any atom is 0.172 e. The lowest BCUT2D eigenvalue weighted by atomic mass is 10.0. The zero-order valence-electron chi connectivity index (χ0n) is 11.0. The largest absolute Gasteiger partial charge is 0.389 e. The van der Waals surface area contributed by atoms with Crippen molar-refractivity contribution in [3.63, 3.8) is 0 Å². The third-order valence-corrected chi connectivity index (χ3v) is 2.47. The summed E-state index contributed by atoms with van der Waals surface area (Å²) in [6.45, 7) is 8.03. The van der Waals surface area contributed by atoms with Crippen molar-refractivity contribution in [1.29, 1.82) is 0 Å². The summed E-state index contributed by atoms with van der Waals surface area (Å²) >= 11 is 0. The van der Waals surface area contributed by atoms with Crippen LogP contribution in [-0.2, 0) is 13.0 Å². The zero-order valence-corrected chi connectivity index (χ0v) is 11.0. The Morgan fingerprint density at radius 3 is 2.59 bits per heavy atom. The molecule has 0 saturated carbocycles. The Morgan fingerprint density at radius 1 is 1.47 bits per heavy atom. The van der Waals surface area contributed by atoms with Gasteiger partial charge in [-0.2, -0.15) is 0 Å². The lowest BCUT2D eigenvalue weighted by Crippen LogP contribution is -2.28. The third kappa shape index (κ3) is 4.26. The summed E-state index contributed by atoms with van der Waals surface area (Å²) in [5, 5.41) is 17.5. The number of hydrogen-bond acceptors (Lipinski definition) is 4. The molecular formula is C12H21N3O2. The molecule has 0 amide bonds. The Morgan fingerprint density at radius 2 is 2.12 bits per heavy atom. The second-order valence-electron chi connectivity index (χ2n) is 5.44. The predicted octanol–water partition coefficient (Wildman–Crippen LogP) is 1.45. The van der Waals surface area contributed by atoms with Gasteiger partial charge in [-0.05, 0) is 32.6 Å². The van der Waals surface area contributed by atoms with E-state index in [1.54, 1.807) is 18.5 Å². The Bertz CT molecular complexity index is 378. The van der Waals surface area contributed by atoms with Gasteiger partial charge in [0.15, 0.2) is 6.29 Å². The third-order valence-electron chi connectivity index (χ3n) is 2.47. The van der Waals surface area contributed by atoms with Crippen LogP contribution in [-0.4, -0.2) is 32.0 Å². The average molecular weight is 239 g/mol. The summed E-state index contributed by atoms with van der Waals surface area (Å²) in [4.78, 5) is 10.9. The van der Waals surface area contributed by atoms with Gasteiger partial charge in [0.1, 0.15) is 5.69 Å². The SMILES string of the molecule is CC(C)CCc1c(C=O)nnn1CC(C)(C)O. The number of rotatable bonds is 6. The van der Waals surface area contributed by atoms with E-state index in [4.69, 9.17) is 0 Å². The van der Waals surface area contributed by atoms with Gasteiger partial charge in [0.05, 0.1) is 17.8 Å². The van der Waals surface area contributed by atoms with Crippen LogP contribution in [0.1, 0.15) is 50.3 Å². The molecule has 0 atom stereocenters. The first-order valence-electron chi connectivity index (χ1n) is 5.93. The number of hydrogen-bond donors (Lipinski definition) is 1. The minimum absolute atomic E-state index is 0.348. The molecule has 1 heterocycles. The van der Waals surface area contributed by atoms with E-state index < -0.39 is 5.60 Å². The van der Waals surface area contributed by atoms with E-state index in [1.807, 2.05) is 0 Å². The van der Waals surface area contributed by atoms with Crippen molar-refractivity contribution < 1.29 is 9.90 Å². The van der Waals surface area contributed by atoms with Gasteiger partial charge in [-0.25, -0.2) is 4.68 Å². The second-order valence-corrected chi connectivity index (χ2v) is 5.44. The maximum absolute atomic E-state index is 10.9. The first-order chi connectivity index (χ1) is 7.83. The first kappa shape index (κ1) is 13.8. The quantitative estimate of drug-likeness (QED) is 0.763. The van der Waals surface area contributed by atoms with Crippen LogP contribution in [0.4, 0.5) is 0 Å².